The number of nitrogens with zero attached hydrogens (tertiary/aromatic N) is 6. The van der Waals surface area contributed by atoms with Crippen molar-refractivity contribution in [2.75, 3.05) is 55.2 Å². The third-order valence-electron chi connectivity index (χ3n) is 4.52. The van der Waals surface area contributed by atoms with Gasteiger partial charge in [-0.25, -0.2) is 19.7 Å². The molecular formula is C18H21N7O4. The number of hydrogen-bond acceptors (Lipinski definition) is 11. The average Bonchev–Trinajstić information content (AvgIpc) is 3.15. The van der Waals surface area contributed by atoms with Gasteiger partial charge in [-0.05, 0) is 6.42 Å². The van der Waals surface area contributed by atoms with Gasteiger partial charge in [-0.3, -0.25) is 0 Å². The number of carbonyl (C=O) groups excluding carboxylic acids is 1. The van der Waals surface area contributed by atoms with Crippen LogP contribution >= 0.6 is 0 Å². The minimum Gasteiger partial charge on any atom is -0.428 e. The Kier molecular flexibility index (Phi) is 5.38. The van der Waals surface area contributed by atoms with Crippen LogP contribution in [0.4, 0.5) is 22.5 Å². The quantitative estimate of drug-likeness (QED) is 0.570. The SMILES string of the molecule is C=CCOC(=O)ON1CCc2c(-c3cnc(N)nc3)nc(N3CCOCC3)nc21. The van der Waals surface area contributed by atoms with Gasteiger partial charge in [0.1, 0.15) is 6.61 Å². The lowest BCUT2D eigenvalue weighted by atomic mass is 10.1. The number of nitrogens with two attached hydrogens (primary N) is 1. The van der Waals surface area contributed by atoms with Crippen LogP contribution in [0.1, 0.15) is 5.56 Å². The van der Waals surface area contributed by atoms with E-state index in [0.717, 1.165) is 5.56 Å². The number of rotatable bonds is 5. The molecule has 0 radical (unpaired) electrons. The van der Waals surface area contributed by atoms with Gasteiger partial charge in [0.05, 0.1) is 25.5 Å². The van der Waals surface area contributed by atoms with Crippen LogP contribution < -0.4 is 15.7 Å². The Bertz CT molecular complexity index is 900. The van der Waals surface area contributed by atoms with Crippen molar-refractivity contribution in [1.82, 2.24) is 19.9 Å². The highest BCUT2D eigenvalue weighted by atomic mass is 16.8. The standard InChI is InChI=1S/C18H21N7O4/c1-2-7-28-18(26)29-25-4-3-13-14(12-10-20-16(19)21-11-12)22-17(23-15(13)25)24-5-8-27-9-6-24/h2,10-11H,1,3-9H2,(H2,19,20,21). The van der Waals surface area contributed by atoms with E-state index in [2.05, 4.69) is 21.5 Å². The molecule has 0 bridgehead atoms. The molecule has 0 spiro atoms. The summed E-state index contributed by atoms with van der Waals surface area (Å²) in [4.78, 5) is 36.8. The van der Waals surface area contributed by atoms with E-state index in [1.165, 1.54) is 11.1 Å². The number of hydrogen-bond donors (Lipinski definition) is 1. The van der Waals surface area contributed by atoms with Crippen molar-refractivity contribution in [3.05, 3.63) is 30.6 Å². The summed E-state index contributed by atoms with van der Waals surface area (Å²) in [7, 11) is 0. The summed E-state index contributed by atoms with van der Waals surface area (Å²) in [5.74, 6) is 1.22. The molecule has 11 heteroatoms. The average molecular weight is 399 g/mol. The number of aromatic nitrogens is 4. The maximum Gasteiger partial charge on any atom is 0.533 e. The largest absolute Gasteiger partial charge is 0.533 e. The molecule has 29 heavy (non-hydrogen) atoms. The van der Waals surface area contributed by atoms with Crippen LogP contribution in [-0.4, -0.2) is 65.5 Å². The molecule has 1 saturated heterocycles. The Morgan fingerprint density at radius 1 is 1.24 bits per heavy atom. The van der Waals surface area contributed by atoms with Crippen LogP contribution in [-0.2, 0) is 20.7 Å². The van der Waals surface area contributed by atoms with E-state index < -0.39 is 6.16 Å². The lowest BCUT2D eigenvalue weighted by Crippen LogP contribution is -2.37. The summed E-state index contributed by atoms with van der Waals surface area (Å²) < 4.78 is 10.3. The summed E-state index contributed by atoms with van der Waals surface area (Å²) in [5.41, 5.74) is 7.85. The third kappa shape index (κ3) is 4.04. The topological polar surface area (TPSA) is 129 Å². The lowest BCUT2D eigenvalue weighted by Gasteiger charge is -2.28. The first-order valence-electron chi connectivity index (χ1n) is 9.20. The van der Waals surface area contributed by atoms with Crippen molar-refractivity contribution in [2.24, 2.45) is 0 Å². The van der Waals surface area contributed by atoms with Crippen LogP contribution in [0.15, 0.2) is 25.0 Å². The van der Waals surface area contributed by atoms with E-state index in [4.69, 9.17) is 25.0 Å². The Balaban J connectivity index is 1.71. The number of anilines is 3. The van der Waals surface area contributed by atoms with Gasteiger partial charge in [-0.15, -0.1) is 0 Å². The van der Waals surface area contributed by atoms with Gasteiger partial charge >= 0.3 is 6.16 Å². The third-order valence-corrected chi connectivity index (χ3v) is 4.52. The molecule has 11 nitrogen and oxygen atoms in total. The second kappa shape index (κ2) is 8.27. The Morgan fingerprint density at radius 3 is 2.72 bits per heavy atom. The zero-order chi connectivity index (χ0) is 20.2. The molecule has 2 aromatic heterocycles. The van der Waals surface area contributed by atoms with Crippen molar-refractivity contribution in [3.63, 3.8) is 0 Å². The Hall–Kier alpha value is -3.47. The second-order valence-corrected chi connectivity index (χ2v) is 6.40. The highest BCUT2D eigenvalue weighted by Gasteiger charge is 2.31. The molecule has 2 aliphatic heterocycles. The zero-order valence-electron chi connectivity index (χ0n) is 15.8. The van der Waals surface area contributed by atoms with E-state index in [1.807, 2.05) is 4.90 Å². The molecule has 0 atom stereocenters. The normalized spacial score (nSPS) is 15.7. The predicted molar refractivity (Wildman–Crippen MR) is 104 cm³/mol. The second-order valence-electron chi connectivity index (χ2n) is 6.40. The minimum absolute atomic E-state index is 0.0658. The highest BCUT2D eigenvalue weighted by Crippen LogP contribution is 2.35. The molecule has 1 fully saturated rings. The first-order valence-corrected chi connectivity index (χ1v) is 9.20. The van der Waals surface area contributed by atoms with Crippen LogP contribution in [0.5, 0.6) is 0 Å². The van der Waals surface area contributed by atoms with Gasteiger partial charge in [-0.2, -0.15) is 10.0 Å². The number of fused-ring (bicyclic) bond motifs is 1. The molecule has 0 saturated carbocycles. The van der Waals surface area contributed by atoms with Gasteiger partial charge in [0.2, 0.25) is 11.9 Å². The molecule has 152 valence electrons. The number of morpholine rings is 1. The molecule has 2 N–H and O–H groups in total. The fourth-order valence-electron chi connectivity index (χ4n) is 3.15. The molecule has 0 amide bonds. The Morgan fingerprint density at radius 2 is 2.00 bits per heavy atom. The van der Waals surface area contributed by atoms with Gasteiger partial charge in [0, 0.05) is 36.6 Å². The summed E-state index contributed by atoms with van der Waals surface area (Å²) >= 11 is 0. The fourth-order valence-corrected chi connectivity index (χ4v) is 3.15. The minimum atomic E-state index is -0.818. The van der Waals surface area contributed by atoms with Gasteiger partial charge in [-0.1, -0.05) is 12.7 Å². The maximum atomic E-state index is 11.9. The zero-order valence-corrected chi connectivity index (χ0v) is 15.8. The lowest BCUT2D eigenvalue weighted by molar-refractivity contribution is 0.0549. The van der Waals surface area contributed by atoms with Crippen molar-refractivity contribution >= 4 is 23.9 Å². The van der Waals surface area contributed by atoms with Crippen molar-refractivity contribution in [2.45, 2.75) is 6.42 Å². The summed E-state index contributed by atoms with van der Waals surface area (Å²) in [6.45, 7) is 6.53. The van der Waals surface area contributed by atoms with Crippen LogP contribution in [0.3, 0.4) is 0 Å². The highest BCUT2D eigenvalue weighted by molar-refractivity contribution is 5.73. The molecule has 4 heterocycles. The van der Waals surface area contributed by atoms with Crippen LogP contribution in [0.25, 0.3) is 11.3 Å². The number of hydroxylamine groups is 1. The summed E-state index contributed by atoms with van der Waals surface area (Å²) in [5, 5.41) is 1.42. The maximum absolute atomic E-state index is 11.9. The van der Waals surface area contributed by atoms with Crippen molar-refractivity contribution in [1.29, 1.82) is 0 Å². The molecular weight excluding hydrogens is 378 g/mol. The van der Waals surface area contributed by atoms with E-state index in [-0.39, 0.29) is 12.6 Å². The van der Waals surface area contributed by atoms with E-state index in [0.29, 0.717) is 62.3 Å². The Labute approximate surface area is 167 Å². The molecule has 2 aliphatic rings. The van der Waals surface area contributed by atoms with Crippen molar-refractivity contribution < 1.29 is 19.1 Å². The predicted octanol–water partition coefficient (Wildman–Crippen LogP) is 0.969. The van der Waals surface area contributed by atoms with Crippen molar-refractivity contribution in [3.8, 4) is 11.3 Å². The molecule has 4 rings (SSSR count). The fraction of sp³-hybridized carbons (Fsp3) is 0.389. The summed E-state index contributed by atoms with van der Waals surface area (Å²) in [6, 6.07) is 0. The van der Waals surface area contributed by atoms with Crippen LogP contribution in [0.2, 0.25) is 0 Å². The van der Waals surface area contributed by atoms with Crippen LogP contribution in [0, 0.1) is 0 Å². The van der Waals surface area contributed by atoms with E-state index in [1.54, 1.807) is 12.4 Å². The van der Waals surface area contributed by atoms with E-state index >= 15 is 0 Å². The molecule has 2 aromatic rings. The molecule has 0 aromatic carbocycles. The van der Waals surface area contributed by atoms with Gasteiger partial charge in [0.25, 0.3) is 0 Å². The van der Waals surface area contributed by atoms with Gasteiger partial charge < -0.3 is 24.9 Å². The van der Waals surface area contributed by atoms with E-state index in [9.17, 15) is 4.79 Å². The molecule has 0 aliphatic carbocycles. The number of carbonyl (C=O) groups is 1. The van der Waals surface area contributed by atoms with Gasteiger partial charge in [0.15, 0.2) is 5.82 Å². The smallest absolute Gasteiger partial charge is 0.428 e. The first kappa shape index (κ1) is 18.9. The first-order chi connectivity index (χ1) is 14.2. The number of nitrogen functional groups attached to an aromatic ring is 1. The molecule has 0 unspecified atom stereocenters. The monoisotopic (exact) mass is 399 g/mol. The number of ether oxygens (including phenoxy) is 2. The summed E-state index contributed by atoms with van der Waals surface area (Å²) in [6.07, 6.45) is 4.48.